The van der Waals surface area contributed by atoms with E-state index in [1.165, 1.54) is 12.8 Å². The molecule has 0 radical (unpaired) electrons. The van der Waals surface area contributed by atoms with Crippen molar-refractivity contribution in [2.24, 2.45) is 0 Å². The van der Waals surface area contributed by atoms with Gasteiger partial charge in [0.1, 0.15) is 0 Å². The van der Waals surface area contributed by atoms with Crippen molar-refractivity contribution in [2.45, 2.75) is 31.2 Å². The van der Waals surface area contributed by atoms with Crippen LogP contribution in [0, 0.1) is 0 Å². The SMILES string of the molecule is C=CCS(=O)c1ccccc1CNCCCC. The summed E-state index contributed by atoms with van der Waals surface area (Å²) in [6.45, 7) is 7.61. The minimum atomic E-state index is -0.960. The molecule has 0 aliphatic rings. The molecule has 1 rings (SSSR count). The average molecular weight is 251 g/mol. The number of unbranched alkanes of at least 4 members (excludes halogenated alkanes) is 1. The highest BCUT2D eigenvalue weighted by molar-refractivity contribution is 7.85. The largest absolute Gasteiger partial charge is 0.313 e. The zero-order valence-corrected chi connectivity index (χ0v) is 11.3. The lowest BCUT2D eigenvalue weighted by molar-refractivity contribution is 0.634. The molecule has 94 valence electrons. The van der Waals surface area contributed by atoms with Crippen LogP contribution in [0.4, 0.5) is 0 Å². The maximum absolute atomic E-state index is 12.0. The van der Waals surface area contributed by atoms with Crippen LogP contribution in [0.1, 0.15) is 25.3 Å². The monoisotopic (exact) mass is 251 g/mol. The second-order valence-electron chi connectivity index (χ2n) is 3.94. The van der Waals surface area contributed by atoms with E-state index in [2.05, 4.69) is 18.8 Å². The van der Waals surface area contributed by atoms with Crippen LogP contribution in [0.2, 0.25) is 0 Å². The van der Waals surface area contributed by atoms with Gasteiger partial charge in [0.2, 0.25) is 0 Å². The first-order valence-corrected chi connectivity index (χ1v) is 7.39. The third-order valence-corrected chi connectivity index (χ3v) is 3.94. The topological polar surface area (TPSA) is 29.1 Å². The Labute approximate surface area is 107 Å². The highest BCUT2D eigenvalue weighted by Crippen LogP contribution is 2.13. The Morgan fingerprint density at radius 1 is 1.41 bits per heavy atom. The van der Waals surface area contributed by atoms with Gasteiger partial charge in [-0.15, -0.1) is 6.58 Å². The number of benzene rings is 1. The van der Waals surface area contributed by atoms with Gasteiger partial charge in [-0.25, -0.2) is 0 Å². The van der Waals surface area contributed by atoms with E-state index >= 15 is 0 Å². The lowest BCUT2D eigenvalue weighted by atomic mass is 10.2. The van der Waals surface area contributed by atoms with E-state index < -0.39 is 10.8 Å². The van der Waals surface area contributed by atoms with Crippen LogP contribution in [-0.4, -0.2) is 16.5 Å². The molecule has 0 fully saturated rings. The number of hydrogen-bond donors (Lipinski definition) is 1. The van der Waals surface area contributed by atoms with Crippen LogP contribution in [0.3, 0.4) is 0 Å². The van der Waals surface area contributed by atoms with Crippen LogP contribution in [0.25, 0.3) is 0 Å². The molecular formula is C14H21NOS. The summed E-state index contributed by atoms with van der Waals surface area (Å²) in [6.07, 6.45) is 4.08. The summed E-state index contributed by atoms with van der Waals surface area (Å²) in [5.41, 5.74) is 1.13. The predicted molar refractivity (Wildman–Crippen MR) is 74.5 cm³/mol. The molecule has 1 aromatic carbocycles. The van der Waals surface area contributed by atoms with Crippen molar-refractivity contribution in [3.05, 3.63) is 42.5 Å². The lowest BCUT2D eigenvalue weighted by Crippen LogP contribution is -2.16. The Morgan fingerprint density at radius 2 is 2.18 bits per heavy atom. The van der Waals surface area contributed by atoms with Crippen molar-refractivity contribution in [1.82, 2.24) is 5.32 Å². The second-order valence-corrected chi connectivity index (χ2v) is 5.40. The van der Waals surface area contributed by atoms with Crippen LogP contribution >= 0.6 is 0 Å². The van der Waals surface area contributed by atoms with E-state index in [9.17, 15) is 4.21 Å². The molecule has 0 heterocycles. The fourth-order valence-corrected chi connectivity index (χ4v) is 2.65. The lowest BCUT2D eigenvalue weighted by Gasteiger charge is -2.09. The minimum absolute atomic E-state index is 0.520. The Morgan fingerprint density at radius 3 is 2.88 bits per heavy atom. The molecule has 0 spiro atoms. The predicted octanol–water partition coefficient (Wildman–Crippen LogP) is 2.87. The second kappa shape index (κ2) is 8.20. The first-order chi connectivity index (χ1) is 8.29. The molecule has 0 amide bonds. The van der Waals surface area contributed by atoms with Gasteiger partial charge in [0.15, 0.2) is 0 Å². The Bertz CT molecular complexity index is 376. The summed E-state index contributed by atoms with van der Waals surface area (Å²) in [7, 11) is -0.960. The number of rotatable bonds is 8. The van der Waals surface area contributed by atoms with Gasteiger partial charge in [-0.1, -0.05) is 37.6 Å². The first kappa shape index (κ1) is 14.1. The van der Waals surface area contributed by atoms with Gasteiger partial charge in [-0.3, -0.25) is 4.21 Å². The van der Waals surface area contributed by atoms with Crippen LogP contribution in [-0.2, 0) is 17.3 Å². The fourth-order valence-electron chi connectivity index (χ4n) is 1.59. The van der Waals surface area contributed by atoms with Crippen molar-refractivity contribution in [3.63, 3.8) is 0 Å². The summed E-state index contributed by atoms with van der Waals surface area (Å²) in [4.78, 5) is 0.927. The first-order valence-electron chi connectivity index (χ1n) is 6.07. The van der Waals surface area contributed by atoms with Gasteiger partial charge in [0.05, 0.1) is 10.8 Å². The third-order valence-electron chi connectivity index (χ3n) is 2.51. The van der Waals surface area contributed by atoms with Gasteiger partial charge >= 0.3 is 0 Å². The van der Waals surface area contributed by atoms with Gasteiger partial charge in [-0.05, 0) is 24.6 Å². The Kier molecular flexibility index (Phi) is 6.82. The van der Waals surface area contributed by atoms with Crippen LogP contribution in [0.15, 0.2) is 41.8 Å². The molecular weight excluding hydrogens is 230 g/mol. The molecule has 17 heavy (non-hydrogen) atoms. The highest BCUT2D eigenvalue weighted by atomic mass is 32.2. The van der Waals surface area contributed by atoms with Crippen molar-refractivity contribution in [1.29, 1.82) is 0 Å². The quantitative estimate of drug-likeness (QED) is 0.568. The molecule has 1 N–H and O–H groups in total. The fraction of sp³-hybridized carbons (Fsp3) is 0.429. The van der Waals surface area contributed by atoms with Crippen LogP contribution in [0.5, 0.6) is 0 Å². The standard InChI is InChI=1S/C14H21NOS/c1-3-5-10-15-12-13-8-6-7-9-14(13)17(16)11-4-2/h4,6-9,15H,2-3,5,10-12H2,1H3. The summed E-state index contributed by atoms with van der Waals surface area (Å²) in [5.74, 6) is 0.520. The van der Waals surface area contributed by atoms with Gasteiger partial charge in [0.25, 0.3) is 0 Å². The van der Waals surface area contributed by atoms with E-state index in [1.54, 1.807) is 6.08 Å². The van der Waals surface area contributed by atoms with Gasteiger partial charge in [0, 0.05) is 17.2 Å². The van der Waals surface area contributed by atoms with E-state index in [4.69, 9.17) is 0 Å². The molecule has 0 aromatic heterocycles. The average Bonchev–Trinajstić information content (AvgIpc) is 2.35. The summed E-state index contributed by atoms with van der Waals surface area (Å²) < 4.78 is 12.0. The van der Waals surface area contributed by atoms with Crippen LogP contribution < -0.4 is 5.32 Å². The molecule has 1 unspecified atom stereocenters. The number of nitrogens with one attached hydrogen (secondary N) is 1. The molecule has 3 heteroatoms. The van der Waals surface area contributed by atoms with Crippen molar-refractivity contribution in [2.75, 3.05) is 12.3 Å². The van der Waals surface area contributed by atoms with Crippen molar-refractivity contribution >= 4 is 10.8 Å². The zero-order valence-electron chi connectivity index (χ0n) is 10.4. The third kappa shape index (κ3) is 4.84. The zero-order chi connectivity index (χ0) is 12.5. The molecule has 0 saturated carbocycles. The molecule has 0 aliphatic heterocycles. The molecule has 0 saturated heterocycles. The maximum Gasteiger partial charge on any atom is 0.0571 e. The molecule has 2 nitrogen and oxygen atoms in total. The van der Waals surface area contributed by atoms with E-state index in [-0.39, 0.29) is 0 Å². The van der Waals surface area contributed by atoms with E-state index in [0.717, 1.165) is 23.5 Å². The molecule has 0 bridgehead atoms. The summed E-state index contributed by atoms with van der Waals surface area (Å²) in [6, 6.07) is 7.91. The van der Waals surface area contributed by atoms with Gasteiger partial charge < -0.3 is 5.32 Å². The summed E-state index contributed by atoms with van der Waals surface area (Å²) >= 11 is 0. The smallest absolute Gasteiger partial charge is 0.0571 e. The molecule has 0 aliphatic carbocycles. The van der Waals surface area contributed by atoms with Crippen molar-refractivity contribution < 1.29 is 4.21 Å². The number of hydrogen-bond acceptors (Lipinski definition) is 2. The maximum atomic E-state index is 12.0. The molecule has 1 aromatic rings. The van der Waals surface area contributed by atoms with E-state index in [0.29, 0.717) is 5.75 Å². The minimum Gasteiger partial charge on any atom is -0.313 e. The molecule has 1 atom stereocenters. The highest BCUT2D eigenvalue weighted by Gasteiger charge is 2.07. The van der Waals surface area contributed by atoms with E-state index in [1.807, 2.05) is 24.3 Å². The Hall–Kier alpha value is -0.930. The van der Waals surface area contributed by atoms with Gasteiger partial charge in [-0.2, -0.15) is 0 Å². The Balaban J connectivity index is 2.64. The summed E-state index contributed by atoms with van der Waals surface area (Å²) in [5, 5.41) is 3.38. The normalized spacial score (nSPS) is 12.3. The van der Waals surface area contributed by atoms with Crippen molar-refractivity contribution in [3.8, 4) is 0 Å².